The average molecular weight is 268 g/mol. The van der Waals surface area contributed by atoms with Gasteiger partial charge in [-0.2, -0.15) is 0 Å². The first-order chi connectivity index (χ1) is 9.20. The van der Waals surface area contributed by atoms with Crippen molar-refractivity contribution in [2.24, 2.45) is 0 Å². The molecule has 1 unspecified atom stereocenters. The molecule has 0 bridgehead atoms. The van der Waals surface area contributed by atoms with Crippen LogP contribution in [0.1, 0.15) is 39.0 Å². The highest BCUT2D eigenvalue weighted by Gasteiger charge is 2.30. The number of carbonyl (C=O) groups is 2. The summed E-state index contributed by atoms with van der Waals surface area (Å²) in [5, 5.41) is 0. The summed E-state index contributed by atoms with van der Waals surface area (Å²) in [6, 6.07) is 0.536. The zero-order chi connectivity index (χ0) is 13.7. The number of fused-ring (bicyclic) bond motifs is 1. The van der Waals surface area contributed by atoms with E-state index in [2.05, 4.69) is 4.90 Å². The minimum Gasteiger partial charge on any atom is -0.466 e. The van der Waals surface area contributed by atoms with Crippen LogP contribution in [0.4, 0.5) is 0 Å². The molecule has 0 radical (unpaired) electrons. The van der Waals surface area contributed by atoms with Crippen molar-refractivity contribution >= 4 is 11.9 Å². The summed E-state index contributed by atoms with van der Waals surface area (Å²) in [5.74, 6) is -0.171. The van der Waals surface area contributed by atoms with E-state index in [1.807, 2.05) is 4.90 Å². The third-order valence-electron chi connectivity index (χ3n) is 4.00. The highest BCUT2D eigenvalue weighted by atomic mass is 16.5. The maximum Gasteiger partial charge on any atom is 0.306 e. The molecular weight excluding hydrogens is 244 g/mol. The van der Waals surface area contributed by atoms with Crippen molar-refractivity contribution in [1.82, 2.24) is 9.80 Å². The Hall–Kier alpha value is -1.10. The molecule has 2 rings (SSSR count). The Bertz CT molecular complexity index is 333. The first kappa shape index (κ1) is 14.3. The molecule has 5 nitrogen and oxygen atoms in total. The van der Waals surface area contributed by atoms with E-state index in [4.69, 9.17) is 4.74 Å². The molecule has 0 spiro atoms. The Morgan fingerprint density at radius 2 is 1.95 bits per heavy atom. The summed E-state index contributed by atoms with van der Waals surface area (Å²) >= 11 is 0. The maximum atomic E-state index is 12.1. The van der Waals surface area contributed by atoms with Crippen LogP contribution in [0.15, 0.2) is 0 Å². The fourth-order valence-corrected chi connectivity index (χ4v) is 3.03. The van der Waals surface area contributed by atoms with Crippen LogP contribution in [0.2, 0.25) is 0 Å². The lowest BCUT2D eigenvalue weighted by molar-refractivity contribution is -0.145. The summed E-state index contributed by atoms with van der Waals surface area (Å²) < 4.78 is 4.86. The van der Waals surface area contributed by atoms with Crippen molar-refractivity contribution in [2.75, 3.05) is 32.8 Å². The standard InChI is InChI=1S/C14H24N2O3/c1-2-19-14(18)7-6-13(17)16-10-4-9-15-8-3-5-12(15)11-16/h12H,2-11H2,1H3. The van der Waals surface area contributed by atoms with Gasteiger partial charge in [0.1, 0.15) is 0 Å². The predicted octanol–water partition coefficient (Wildman–Crippen LogP) is 1.03. The highest BCUT2D eigenvalue weighted by Crippen LogP contribution is 2.21. The molecule has 0 aromatic carbocycles. The van der Waals surface area contributed by atoms with Crippen LogP contribution < -0.4 is 0 Å². The summed E-state index contributed by atoms with van der Waals surface area (Å²) in [5.41, 5.74) is 0. The van der Waals surface area contributed by atoms with Gasteiger partial charge < -0.3 is 9.64 Å². The van der Waals surface area contributed by atoms with E-state index >= 15 is 0 Å². The van der Waals surface area contributed by atoms with Crippen LogP contribution in [-0.4, -0.2) is 60.5 Å². The number of esters is 1. The second-order valence-electron chi connectivity index (χ2n) is 5.33. The smallest absolute Gasteiger partial charge is 0.306 e. The van der Waals surface area contributed by atoms with E-state index in [1.165, 1.54) is 19.4 Å². The summed E-state index contributed by atoms with van der Waals surface area (Å²) in [6.07, 6.45) is 3.97. The molecule has 108 valence electrons. The first-order valence-electron chi connectivity index (χ1n) is 7.38. The molecule has 0 aromatic heterocycles. The quantitative estimate of drug-likeness (QED) is 0.715. The number of nitrogens with zero attached hydrogens (tertiary/aromatic N) is 2. The summed E-state index contributed by atoms with van der Waals surface area (Å²) in [7, 11) is 0. The molecule has 2 saturated heterocycles. The molecule has 1 atom stereocenters. The van der Waals surface area contributed by atoms with Crippen molar-refractivity contribution in [3.05, 3.63) is 0 Å². The average Bonchev–Trinajstić information content (AvgIpc) is 2.73. The molecule has 0 N–H and O–H groups in total. The fraction of sp³-hybridized carbons (Fsp3) is 0.857. The van der Waals surface area contributed by atoms with E-state index < -0.39 is 0 Å². The molecular formula is C14H24N2O3. The lowest BCUT2D eigenvalue weighted by Gasteiger charge is -2.25. The molecule has 19 heavy (non-hydrogen) atoms. The Morgan fingerprint density at radius 1 is 1.16 bits per heavy atom. The van der Waals surface area contributed by atoms with Crippen LogP contribution in [0.25, 0.3) is 0 Å². The molecule has 2 aliphatic rings. The van der Waals surface area contributed by atoms with E-state index in [-0.39, 0.29) is 24.7 Å². The van der Waals surface area contributed by atoms with Crippen LogP contribution in [-0.2, 0) is 14.3 Å². The summed E-state index contributed by atoms with van der Waals surface area (Å²) in [4.78, 5) is 27.9. The van der Waals surface area contributed by atoms with Gasteiger partial charge in [-0.25, -0.2) is 0 Å². The van der Waals surface area contributed by atoms with Gasteiger partial charge in [0, 0.05) is 32.1 Å². The van der Waals surface area contributed by atoms with Crippen LogP contribution >= 0.6 is 0 Å². The number of rotatable bonds is 4. The monoisotopic (exact) mass is 268 g/mol. The topological polar surface area (TPSA) is 49.9 Å². The van der Waals surface area contributed by atoms with Crippen molar-refractivity contribution < 1.29 is 14.3 Å². The van der Waals surface area contributed by atoms with Gasteiger partial charge in [-0.3, -0.25) is 14.5 Å². The normalized spacial score (nSPS) is 23.8. The van der Waals surface area contributed by atoms with E-state index in [0.29, 0.717) is 12.6 Å². The number of hydrogen-bond acceptors (Lipinski definition) is 4. The van der Waals surface area contributed by atoms with Gasteiger partial charge in [0.15, 0.2) is 0 Å². The van der Waals surface area contributed by atoms with Crippen LogP contribution in [0.5, 0.6) is 0 Å². The number of carbonyl (C=O) groups excluding carboxylic acids is 2. The molecule has 0 aliphatic carbocycles. The van der Waals surface area contributed by atoms with Gasteiger partial charge in [0.05, 0.1) is 13.0 Å². The van der Waals surface area contributed by atoms with Gasteiger partial charge in [-0.15, -0.1) is 0 Å². The van der Waals surface area contributed by atoms with E-state index in [9.17, 15) is 9.59 Å². The Morgan fingerprint density at radius 3 is 2.74 bits per heavy atom. The lowest BCUT2D eigenvalue weighted by Crippen LogP contribution is -2.39. The molecule has 0 aromatic rings. The zero-order valence-corrected chi connectivity index (χ0v) is 11.8. The first-order valence-corrected chi connectivity index (χ1v) is 7.38. The molecule has 1 amide bonds. The number of hydrogen-bond donors (Lipinski definition) is 0. The molecule has 2 aliphatic heterocycles. The van der Waals surface area contributed by atoms with Gasteiger partial charge >= 0.3 is 5.97 Å². The third kappa shape index (κ3) is 3.93. The van der Waals surface area contributed by atoms with Gasteiger partial charge in [0.2, 0.25) is 5.91 Å². The number of ether oxygens (including phenoxy) is 1. The highest BCUT2D eigenvalue weighted by molar-refractivity contribution is 5.81. The third-order valence-corrected chi connectivity index (χ3v) is 4.00. The van der Waals surface area contributed by atoms with Crippen LogP contribution in [0.3, 0.4) is 0 Å². The minimum absolute atomic E-state index is 0.0989. The van der Waals surface area contributed by atoms with E-state index in [1.54, 1.807) is 6.92 Å². The van der Waals surface area contributed by atoms with Crippen molar-refractivity contribution in [1.29, 1.82) is 0 Å². The number of amides is 1. The molecule has 2 fully saturated rings. The Kier molecular flexibility index (Phi) is 5.19. The second kappa shape index (κ2) is 6.89. The lowest BCUT2D eigenvalue weighted by atomic mass is 10.2. The van der Waals surface area contributed by atoms with Gasteiger partial charge in [-0.1, -0.05) is 0 Å². The Balaban J connectivity index is 1.79. The van der Waals surface area contributed by atoms with Gasteiger partial charge in [0.25, 0.3) is 0 Å². The molecule has 2 heterocycles. The Labute approximate surface area is 114 Å². The minimum atomic E-state index is -0.270. The zero-order valence-electron chi connectivity index (χ0n) is 11.8. The van der Waals surface area contributed by atoms with Crippen LogP contribution in [0, 0.1) is 0 Å². The SMILES string of the molecule is CCOC(=O)CCC(=O)N1CCCN2CCCC2C1. The van der Waals surface area contributed by atoms with Crippen molar-refractivity contribution in [3.8, 4) is 0 Å². The second-order valence-corrected chi connectivity index (χ2v) is 5.33. The van der Waals surface area contributed by atoms with Crippen molar-refractivity contribution in [2.45, 2.75) is 45.1 Å². The molecule has 5 heteroatoms. The molecule has 0 saturated carbocycles. The van der Waals surface area contributed by atoms with E-state index in [0.717, 1.165) is 26.1 Å². The largest absolute Gasteiger partial charge is 0.466 e. The fourth-order valence-electron chi connectivity index (χ4n) is 3.03. The maximum absolute atomic E-state index is 12.1. The predicted molar refractivity (Wildman–Crippen MR) is 71.7 cm³/mol. The van der Waals surface area contributed by atoms with Crippen molar-refractivity contribution in [3.63, 3.8) is 0 Å². The van der Waals surface area contributed by atoms with Gasteiger partial charge in [-0.05, 0) is 32.7 Å². The summed E-state index contributed by atoms with van der Waals surface area (Å²) in [6.45, 7) is 6.11.